The molecule has 0 bridgehead atoms. The molecule has 6 nitrogen and oxygen atoms in total. The van der Waals surface area contributed by atoms with Gasteiger partial charge in [0, 0.05) is 24.5 Å². The summed E-state index contributed by atoms with van der Waals surface area (Å²) in [5.41, 5.74) is 7.36. The number of nitrogens with zero attached hydrogens (tertiary/aromatic N) is 2. The largest absolute Gasteiger partial charge is 0.366 e. The fourth-order valence-corrected chi connectivity index (χ4v) is 2.06. The van der Waals surface area contributed by atoms with Gasteiger partial charge in [-0.3, -0.25) is 14.3 Å². The van der Waals surface area contributed by atoms with Crippen molar-refractivity contribution in [2.45, 2.75) is 19.8 Å². The Labute approximate surface area is 122 Å². The van der Waals surface area contributed by atoms with Crippen LogP contribution in [0, 0.1) is 0 Å². The number of primary amides is 1. The van der Waals surface area contributed by atoms with Crippen LogP contribution in [0.5, 0.6) is 0 Å². The van der Waals surface area contributed by atoms with E-state index in [9.17, 15) is 9.59 Å². The highest BCUT2D eigenvalue weighted by molar-refractivity contribution is 6.05. The molecule has 110 valence electrons. The molecule has 0 unspecified atom stereocenters. The molecule has 2 amide bonds. The number of rotatable bonds is 4. The summed E-state index contributed by atoms with van der Waals surface area (Å²) in [5.74, 6) is -0.646. The molecule has 1 aromatic heterocycles. The van der Waals surface area contributed by atoms with Gasteiger partial charge in [-0.2, -0.15) is 5.10 Å². The summed E-state index contributed by atoms with van der Waals surface area (Å²) in [6.45, 7) is 3.96. The van der Waals surface area contributed by atoms with Crippen molar-refractivity contribution < 1.29 is 9.59 Å². The van der Waals surface area contributed by atoms with E-state index >= 15 is 0 Å². The van der Waals surface area contributed by atoms with E-state index in [4.69, 9.17) is 5.73 Å². The monoisotopic (exact) mass is 286 g/mol. The number of carbonyl (C=O) groups is 2. The maximum absolute atomic E-state index is 12.4. The van der Waals surface area contributed by atoms with E-state index in [0.29, 0.717) is 16.8 Å². The highest BCUT2D eigenvalue weighted by Gasteiger charge is 2.18. The summed E-state index contributed by atoms with van der Waals surface area (Å²) >= 11 is 0. The molecule has 0 fully saturated rings. The highest BCUT2D eigenvalue weighted by Crippen LogP contribution is 2.19. The van der Waals surface area contributed by atoms with Crippen molar-refractivity contribution >= 4 is 17.5 Å². The van der Waals surface area contributed by atoms with Crippen molar-refractivity contribution in [2.75, 3.05) is 5.32 Å². The predicted octanol–water partition coefficient (Wildman–Crippen LogP) is 1.89. The first kappa shape index (κ1) is 14.8. The molecular formula is C15H18N4O2. The molecule has 6 heteroatoms. The molecule has 3 N–H and O–H groups in total. The lowest BCUT2D eigenvalue weighted by atomic mass is 10.1. The van der Waals surface area contributed by atoms with Gasteiger partial charge in [-0.05, 0) is 24.1 Å². The number of anilines is 1. The molecule has 0 spiro atoms. The molecule has 0 aliphatic heterocycles. The Kier molecular flexibility index (Phi) is 4.07. The minimum Gasteiger partial charge on any atom is -0.366 e. The highest BCUT2D eigenvalue weighted by atomic mass is 16.2. The average Bonchev–Trinajstić information content (AvgIpc) is 2.81. The smallest absolute Gasteiger partial charge is 0.259 e. The third-order valence-corrected chi connectivity index (χ3v) is 3.05. The second kappa shape index (κ2) is 5.78. The van der Waals surface area contributed by atoms with Gasteiger partial charge in [0.25, 0.3) is 5.91 Å². The standard InChI is InChI=1S/C15H18N4O2/c1-9(2)13-12(8-19(3)18-13)15(21)17-11-6-4-5-10(7-11)14(16)20/h4-9H,1-3H3,(H2,16,20)(H,17,21). The van der Waals surface area contributed by atoms with Gasteiger partial charge in [-0.1, -0.05) is 19.9 Å². The molecule has 21 heavy (non-hydrogen) atoms. The Balaban J connectivity index is 2.26. The molecule has 0 atom stereocenters. The number of carbonyl (C=O) groups excluding carboxylic acids is 2. The van der Waals surface area contributed by atoms with Crippen LogP contribution >= 0.6 is 0 Å². The van der Waals surface area contributed by atoms with E-state index in [1.807, 2.05) is 13.8 Å². The van der Waals surface area contributed by atoms with Gasteiger partial charge in [0.1, 0.15) is 0 Å². The average molecular weight is 286 g/mol. The number of amides is 2. The summed E-state index contributed by atoms with van der Waals surface area (Å²) in [7, 11) is 1.77. The zero-order chi connectivity index (χ0) is 15.6. The summed E-state index contributed by atoms with van der Waals surface area (Å²) in [6, 6.07) is 6.52. The lowest BCUT2D eigenvalue weighted by Crippen LogP contribution is -2.15. The summed E-state index contributed by atoms with van der Waals surface area (Å²) < 4.78 is 1.62. The van der Waals surface area contributed by atoms with Gasteiger partial charge in [0.05, 0.1) is 11.3 Å². The van der Waals surface area contributed by atoms with Gasteiger partial charge in [-0.15, -0.1) is 0 Å². The first-order valence-corrected chi connectivity index (χ1v) is 6.63. The minimum absolute atomic E-state index is 0.143. The van der Waals surface area contributed by atoms with Crippen LogP contribution in [-0.2, 0) is 7.05 Å². The van der Waals surface area contributed by atoms with Gasteiger partial charge >= 0.3 is 0 Å². The summed E-state index contributed by atoms with van der Waals surface area (Å²) in [5, 5.41) is 7.06. The van der Waals surface area contributed by atoms with E-state index in [2.05, 4.69) is 10.4 Å². The second-order valence-corrected chi connectivity index (χ2v) is 5.16. The van der Waals surface area contributed by atoms with Crippen molar-refractivity contribution in [2.24, 2.45) is 12.8 Å². The van der Waals surface area contributed by atoms with Crippen LogP contribution in [0.2, 0.25) is 0 Å². The van der Waals surface area contributed by atoms with Gasteiger partial charge in [0.2, 0.25) is 5.91 Å². The number of aromatic nitrogens is 2. The van der Waals surface area contributed by atoms with Crippen molar-refractivity contribution in [3.63, 3.8) is 0 Å². The first-order valence-electron chi connectivity index (χ1n) is 6.63. The Morgan fingerprint density at radius 1 is 1.33 bits per heavy atom. The topological polar surface area (TPSA) is 90.0 Å². The Morgan fingerprint density at radius 2 is 2.05 bits per heavy atom. The SMILES string of the molecule is CC(C)c1nn(C)cc1C(=O)Nc1cccc(C(N)=O)c1. The third kappa shape index (κ3) is 3.28. The van der Waals surface area contributed by atoms with Gasteiger partial charge in [-0.25, -0.2) is 0 Å². The Bertz CT molecular complexity index is 689. The van der Waals surface area contributed by atoms with E-state index < -0.39 is 5.91 Å². The predicted molar refractivity (Wildman–Crippen MR) is 80.2 cm³/mol. The van der Waals surface area contributed by atoms with Crippen LogP contribution in [0.25, 0.3) is 0 Å². The van der Waals surface area contributed by atoms with Crippen LogP contribution in [-0.4, -0.2) is 21.6 Å². The van der Waals surface area contributed by atoms with Crippen molar-refractivity contribution in [1.29, 1.82) is 0 Å². The molecule has 0 radical (unpaired) electrons. The van der Waals surface area contributed by atoms with E-state index in [1.165, 1.54) is 0 Å². The lowest BCUT2D eigenvalue weighted by molar-refractivity contribution is 0.0996. The number of nitrogens with one attached hydrogen (secondary N) is 1. The summed E-state index contributed by atoms with van der Waals surface area (Å²) in [4.78, 5) is 23.5. The Morgan fingerprint density at radius 3 is 2.67 bits per heavy atom. The minimum atomic E-state index is -0.532. The molecule has 0 saturated heterocycles. The lowest BCUT2D eigenvalue weighted by Gasteiger charge is -2.07. The number of hydrogen-bond acceptors (Lipinski definition) is 3. The Hall–Kier alpha value is -2.63. The second-order valence-electron chi connectivity index (χ2n) is 5.16. The number of benzene rings is 1. The van der Waals surface area contributed by atoms with Crippen LogP contribution in [0.15, 0.2) is 30.5 Å². The molecular weight excluding hydrogens is 268 g/mol. The van der Waals surface area contributed by atoms with Crippen LogP contribution in [0.4, 0.5) is 5.69 Å². The third-order valence-electron chi connectivity index (χ3n) is 3.05. The fraction of sp³-hybridized carbons (Fsp3) is 0.267. The van der Waals surface area contributed by atoms with Gasteiger partial charge in [0.15, 0.2) is 0 Å². The van der Waals surface area contributed by atoms with E-state index in [0.717, 1.165) is 5.69 Å². The van der Waals surface area contributed by atoms with Gasteiger partial charge < -0.3 is 11.1 Å². The number of hydrogen-bond donors (Lipinski definition) is 2. The fourth-order valence-electron chi connectivity index (χ4n) is 2.06. The molecule has 2 aromatic rings. The number of nitrogens with two attached hydrogens (primary N) is 1. The van der Waals surface area contributed by atoms with E-state index in [1.54, 1.807) is 42.2 Å². The maximum Gasteiger partial charge on any atom is 0.259 e. The molecule has 0 aliphatic rings. The number of aryl methyl sites for hydroxylation is 1. The maximum atomic E-state index is 12.4. The first-order chi connectivity index (χ1) is 9.88. The zero-order valence-corrected chi connectivity index (χ0v) is 12.3. The van der Waals surface area contributed by atoms with Crippen molar-refractivity contribution in [3.05, 3.63) is 47.3 Å². The van der Waals surface area contributed by atoms with E-state index in [-0.39, 0.29) is 11.8 Å². The van der Waals surface area contributed by atoms with Crippen molar-refractivity contribution in [1.82, 2.24) is 9.78 Å². The molecule has 0 saturated carbocycles. The molecule has 2 rings (SSSR count). The van der Waals surface area contributed by atoms with Crippen LogP contribution in [0.3, 0.4) is 0 Å². The summed E-state index contributed by atoms with van der Waals surface area (Å²) in [6.07, 6.45) is 1.68. The molecule has 1 heterocycles. The quantitative estimate of drug-likeness (QED) is 0.899. The zero-order valence-electron chi connectivity index (χ0n) is 12.3. The normalized spacial score (nSPS) is 10.7. The molecule has 1 aromatic carbocycles. The van der Waals surface area contributed by atoms with Crippen LogP contribution < -0.4 is 11.1 Å². The molecule has 0 aliphatic carbocycles. The van der Waals surface area contributed by atoms with Crippen LogP contribution in [0.1, 0.15) is 46.2 Å². The van der Waals surface area contributed by atoms with Crippen molar-refractivity contribution in [3.8, 4) is 0 Å².